The summed E-state index contributed by atoms with van der Waals surface area (Å²) in [5.41, 5.74) is 0.383. The number of piperazine rings is 1. The fourth-order valence-corrected chi connectivity index (χ4v) is 4.65. The fraction of sp³-hybridized carbons (Fsp3) is 0.750. The van der Waals surface area contributed by atoms with Crippen molar-refractivity contribution in [3.05, 3.63) is 22.4 Å². The van der Waals surface area contributed by atoms with Gasteiger partial charge in [0.1, 0.15) is 0 Å². The fourth-order valence-electron chi connectivity index (χ4n) is 3.63. The molecule has 2 aliphatic rings. The standard InChI is InChI=1S/C15H24N2S.CH3I/c1-16-9-11-17(12-10-16)15(7-3-2-4-8-15)14-6-5-13-18-14;1-2/h5-6,13H,2-4,7-12H2,1H3;1H3. The second kappa shape index (κ2) is 8.11. The van der Waals surface area contributed by atoms with Gasteiger partial charge in [-0.05, 0) is 36.3 Å². The smallest absolute Gasteiger partial charge is 0.0554 e. The van der Waals surface area contributed by atoms with Crippen LogP contribution in [0.1, 0.15) is 37.0 Å². The van der Waals surface area contributed by atoms with Crippen molar-refractivity contribution in [3.63, 3.8) is 0 Å². The zero-order valence-electron chi connectivity index (χ0n) is 12.8. The lowest BCUT2D eigenvalue weighted by molar-refractivity contribution is 0.0127. The normalized spacial score (nSPS) is 23.9. The first kappa shape index (κ1) is 16.7. The molecule has 1 saturated carbocycles. The van der Waals surface area contributed by atoms with E-state index in [4.69, 9.17) is 0 Å². The minimum absolute atomic E-state index is 0.383. The van der Waals surface area contributed by atoms with Crippen LogP contribution in [-0.2, 0) is 5.54 Å². The zero-order valence-corrected chi connectivity index (χ0v) is 15.8. The molecular formula is C16H27IN2S. The summed E-state index contributed by atoms with van der Waals surface area (Å²) >= 11 is 4.12. The second-order valence-electron chi connectivity index (χ2n) is 5.86. The van der Waals surface area contributed by atoms with Crippen LogP contribution >= 0.6 is 33.9 Å². The average molecular weight is 406 g/mol. The Morgan fingerprint density at radius 3 is 2.25 bits per heavy atom. The summed E-state index contributed by atoms with van der Waals surface area (Å²) < 4.78 is 0. The summed E-state index contributed by atoms with van der Waals surface area (Å²) in [6.07, 6.45) is 6.99. The third-order valence-electron chi connectivity index (χ3n) is 4.77. The summed E-state index contributed by atoms with van der Waals surface area (Å²) in [6.45, 7) is 4.95. The van der Waals surface area contributed by atoms with E-state index in [0.29, 0.717) is 5.54 Å². The molecule has 114 valence electrons. The first-order valence-electron chi connectivity index (χ1n) is 7.67. The predicted molar refractivity (Wildman–Crippen MR) is 98.1 cm³/mol. The highest BCUT2D eigenvalue weighted by Crippen LogP contribution is 2.44. The monoisotopic (exact) mass is 406 g/mol. The molecule has 4 heteroatoms. The molecule has 0 atom stereocenters. The van der Waals surface area contributed by atoms with Gasteiger partial charge in [0.15, 0.2) is 0 Å². The highest BCUT2D eigenvalue weighted by Gasteiger charge is 2.40. The van der Waals surface area contributed by atoms with Crippen LogP contribution in [0.2, 0.25) is 0 Å². The van der Waals surface area contributed by atoms with Crippen LogP contribution in [0.15, 0.2) is 17.5 Å². The Morgan fingerprint density at radius 1 is 1.05 bits per heavy atom. The van der Waals surface area contributed by atoms with Crippen molar-refractivity contribution in [3.8, 4) is 0 Å². The number of alkyl halides is 1. The molecule has 1 aliphatic heterocycles. The molecule has 1 aliphatic carbocycles. The molecule has 2 fully saturated rings. The van der Waals surface area contributed by atoms with Gasteiger partial charge in [0.25, 0.3) is 0 Å². The van der Waals surface area contributed by atoms with E-state index in [2.05, 4.69) is 57.0 Å². The second-order valence-corrected chi connectivity index (χ2v) is 6.81. The van der Waals surface area contributed by atoms with Gasteiger partial charge in [-0.25, -0.2) is 0 Å². The molecule has 0 bridgehead atoms. The van der Waals surface area contributed by atoms with Crippen LogP contribution < -0.4 is 0 Å². The maximum Gasteiger partial charge on any atom is 0.0554 e. The van der Waals surface area contributed by atoms with Crippen molar-refractivity contribution in [1.29, 1.82) is 0 Å². The van der Waals surface area contributed by atoms with Gasteiger partial charge in [-0.1, -0.05) is 47.9 Å². The Kier molecular flexibility index (Phi) is 6.78. The molecule has 0 unspecified atom stereocenters. The Morgan fingerprint density at radius 2 is 1.70 bits per heavy atom. The van der Waals surface area contributed by atoms with Gasteiger partial charge in [-0.15, -0.1) is 11.3 Å². The van der Waals surface area contributed by atoms with Crippen LogP contribution in [0.25, 0.3) is 0 Å². The lowest BCUT2D eigenvalue weighted by Gasteiger charge is -2.49. The van der Waals surface area contributed by atoms with E-state index >= 15 is 0 Å². The highest BCUT2D eigenvalue weighted by atomic mass is 127. The molecule has 0 radical (unpaired) electrons. The third-order valence-corrected chi connectivity index (χ3v) is 5.83. The number of likely N-dealkylation sites (N-methyl/N-ethyl adjacent to an activating group) is 1. The van der Waals surface area contributed by atoms with Crippen LogP contribution in [0.3, 0.4) is 0 Å². The van der Waals surface area contributed by atoms with Crippen molar-refractivity contribution in [2.75, 3.05) is 38.2 Å². The van der Waals surface area contributed by atoms with E-state index in [0.717, 1.165) is 0 Å². The molecule has 2 nitrogen and oxygen atoms in total. The first-order valence-corrected chi connectivity index (χ1v) is 10.7. The summed E-state index contributed by atoms with van der Waals surface area (Å²) in [7, 11) is 2.25. The average Bonchev–Trinajstić information content (AvgIpc) is 3.05. The van der Waals surface area contributed by atoms with E-state index in [-0.39, 0.29) is 0 Å². The van der Waals surface area contributed by atoms with Gasteiger partial charge < -0.3 is 4.90 Å². The molecule has 1 aromatic rings. The van der Waals surface area contributed by atoms with Crippen molar-refractivity contribution in [2.24, 2.45) is 0 Å². The molecule has 1 aromatic heterocycles. The molecule has 3 rings (SSSR count). The Bertz CT molecular complexity index is 366. The topological polar surface area (TPSA) is 6.48 Å². The van der Waals surface area contributed by atoms with Crippen molar-refractivity contribution >= 4 is 33.9 Å². The van der Waals surface area contributed by atoms with E-state index < -0.39 is 0 Å². The lowest BCUT2D eigenvalue weighted by atomic mass is 9.78. The minimum Gasteiger partial charge on any atom is -0.304 e. The Labute approximate surface area is 141 Å². The summed E-state index contributed by atoms with van der Waals surface area (Å²) in [4.78, 5) is 8.84. The van der Waals surface area contributed by atoms with Gasteiger partial charge in [0, 0.05) is 31.1 Å². The molecule has 0 aromatic carbocycles. The summed E-state index contributed by atoms with van der Waals surface area (Å²) in [5.74, 6) is 0. The molecular weight excluding hydrogens is 379 g/mol. The quantitative estimate of drug-likeness (QED) is 0.537. The number of rotatable bonds is 2. The van der Waals surface area contributed by atoms with Gasteiger partial charge in [0.2, 0.25) is 0 Å². The SMILES string of the molecule is CI.CN1CCN(C2(c3cccs3)CCCCC2)CC1. The van der Waals surface area contributed by atoms with Gasteiger partial charge in [-0.3, -0.25) is 4.90 Å². The van der Waals surface area contributed by atoms with E-state index in [1.807, 2.05) is 16.3 Å². The van der Waals surface area contributed by atoms with Crippen molar-refractivity contribution < 1.29 is 0 Å². The number of thiophene rings is 1. The van der Waals surface area contributed by atoms with Crippen molar-refractivity contribution in [2.45, 2.75) is 37.6 Å². The molecule has 2 heterocycles. The first-order chi connectivity index (χ1) is 9.81. The van der Waals surface area contributed by atoms with Gasteiger partial charge >= 0.3 is 0 Å². The number of halogens is 1. The van der Waals surface area contributed by atoms with Gasteiger partial charge in [-0.2, -0.15) is 0 Å². The summed E-state index contributed by atoms with van der Waals surface area (Å²) in [6, 6.07) is 4.60. The Hall–Kier alpha value is 0.350. The predicted octanol–water partition coefficient (Wildman–Crippen LogP) is 4.21. The molecule has 1 saturated heterocycles. The number of hydrogen-bond acceptors (Lipinski definition) is 3. The Balaban J connectivity index is 0.000000704. The van der Waals surface area contributed by atoms with Crippen LogP contribution in [0.5, 0.6) is 0 Å². The van der Waals surface area contributed by atoms with E-state index in [9.17, 15) is 0 Å². The molecule has 0 amide bonds. The highest BCUT2D eigenvalue weighted by molar-refractivity contribution is 14.1. The largest absolute Gasteiger partial charge is 0.304 e. The number of hydrogen-bond donors (Lipinski definition) is 0. The molecule has 0 N–H and O–H groups in total. The molecule has 0 spiro atoms. The zero-order chi connectivity index (χ0) is 14.4. The van der Waals surface area contributed by atoms with Crippen molar-refractivity contribution in [1.82, 2.24) is 9.80 Å². The number of nitrogens with zero attached hydrogens (tertiary/aromatic N) is 2. The molecule has 20 heavy (non-hydrogen) atoms. The maximum absolute atomic E-state index is 2.79. The third kappa shape index (κ3) is 3.57. The van der Waals surface area contributed by atoms with E-state index in [1.54, 1.807) is 4.88 Å². The van der Waals surface area contributed by atoms with Gasteiger partial charge in [0.05, 0.1) is 5.54 Å². The maximum atomic E-state index is 2.79. The lowest BCUT2D eigenvalue weighted by Crippen LogP contribution is -2.55. The van der Waals surface area contributed by atoms with E-state index in [1.165, 1.54) is 58.3 Å². The minimum atomic E-state index is 0.383. The summed E-state index contributed by atoms with van der Waals surface area (Å²) in [5, 5.41) is 2.25. The van der Waals surface area contributed by atoms with Crippen LogP contribution in [0.4, 0.5) is 0 Å². The van der Waals surface area contributed by atoms with Crippen LogP contribution in [0, 0.1) is 0 Å². The van der Waals surface area contributed by atoms with Crippen LogP contribution in [-0.4, -0.2) is 48.0 Å².